The van der Waals surface area contributed by atoms with Crippen LogP contribution >= 0.6 is 0 Å². The summed E-state index contributed by atoms with van der Waals surface area (Å²) in [5, 5.41) is 0. The molecule has 2 rings (SSSR count). The molecule has 7 nitrogen and oxygen atoms in total. The van der Waals surface area contributed by atoms with Crippen LogP contribution in [0.5, 0.6) is 5.75 Å². The molecule has 0 atom stereocenters. The third-order valence-electron chi connectivity index (χ3n) is 4.09. The molecule has 0 saturated carbocycles. The molecule has 1 amide bonds. The highest BCUT2D eigenvalue weighted by molar-refractivity contribution is 5.99. The Morgan fingerprint density at radius 3 is 2.70 bits per heavy atom. The van der Waals surface area contributed by atoms with Gasteiger partial charge in [-0.2, -0.15) is 0 Å². The van der Waals surface area contributed by atoms with Crippen LogP contribution in [0.2, 0.25) is 0 Å². The Morgan fingerprint density at radius 2 is 2.09 bits per heavy atom. The number of hydrazine groups is 1. The van der Waals surface area contributed by atoms with Gasteiger partial charge in [-0.3, -0.25) is 10.2 Å². The number of nitrogen functional groups attached to an aromatic ring is 1. The number of rotatable bonds is 7. The molecule has 1 heterocycles. The predicted octanol–water partition coefficient (Wildman–Crippen LogP) is 1.14. The molecule has 0 aliphatic carbocycles. The second kappa shape index (κ2) is 8.71. The van der Waals surface area contributed by atoms with Gasteiger partial charge in [-0.1, -0.05) is 0 Å². The minimum atomic E-state index is -0.298. The normalized spacial score (nSPS) is 15.5. The number of hydrogen-bond donors (Lipinski definition) is 2. The van der Waals surface area contributed by atoms with E-state index in [2.05, 4.69) is 10.3 Å². The zero-order valence-corrected chi connectivity index (χ0v) is 13.7. The highest BCUT2D eigenvalue weighted by Gasteiger charge is 2.23. The standard InChI is InChI=1S/C16H25N3O4/c1-21-11-23-10-12-5-7-19(8-6-12)15-9-13(22-2)3-4-14(15)16(20)18-17/h3-4,9,12H,5-8,10-11,17H2,1-2H3,(H,18,20). The van der Waals surface area contributed by atoms with Gasteiger partial charge < -0.3 is 19.1 Å². The number of anilines is 1. The Balaban J connectivity index is 2.05. The van der Waals surface area contributed by atoms with Crippen molar-refractivity contribution >= 4 is 11.6 Å². The number of piperidine rings is 1. The van der Waals surface area contributed by atoms with Gasteiger partial charge in [-0.25, -0.2) is 5.84 Å². The first-order valence-corrected chi connectivity index (χ1v) is 7.70. The lowest BCUT2D eigenvalue weighted by Crippen LogP contribution is -2.37. The van der Waals surface area contributed by atoms with Crippen molar-refractivity contribution in [3.8, 4) is 5.75 Å². The largest absolute Gasteiger partial charge is 0.497 e. The summed E-state index contributed by atoms with van der Waals surface area (Å²) in [6.45, 7) is 2.75. The summed E-state index contributed by atoms with van der Waals surface area (Å²) in [6.07, 6.45) is 2.01. The maximum Gasteiger partial charge on any atom is 0.267 e. The lowest BCUT2D eigenvalue weighted by Gasteiger charge is -2.34. The summed E-state index contributed by atoms with van der Waals surface area (Å²) in [5.41, 5.74) is 3.61. The van der Waals surface area contributed by atoms with Crippen molar-refractivity contribution in [2.24, 2.45) is 11.8 Å². The van der Waals surface area contributed by atoms with Gasteiger partial charge in [0.1, 0.15) is 12.5 Å². The molecular weight excluding hydrogens is 298 g/mol. The number of carbonyl (C=O) groups is 1. The van der Waals surface area contributed by atoms with Crippen molar-refractivity contribution in [3.05, 3.63) is 23.8 Å². The topological polar surface area (TPSA) is 86.0 Å². The van der Waals surface area contributed by atoms with Crippen LogP contribution in [-0.2, 0) is 9.47 Å². The summed E-state index contributed by atoms with van der Waals surface area (Å²) in [6, 6.07) is 5.38. The number of benzene rings is 1. The molecule has 0 unspecified atom stereocenters. The molecule has 7 heteroatoms. The third kappa shape index (κ3) is 4.57. The van der Waals surface area contributed by atoms with Gasteiger partial charge in [0.05, 0.1) is 25.0 Å². The van der Waals surface area contributed by atoms with Crippen molar-refractivity contribution in [1.82, 2.24) is 5.43 Å². The third-order valence-corrected chi connectivity index (χ3v) is 4.09. The Labute approximate surface area is 136 Å². The quantitative estimate of drug-likeness (QED) is 0.257. The zero-order chi connectivity index (χ0) is 16.7. The molecule has 0 radical (unpaired) electrons. The van der Waals surface area contributed by atoms with E-state index < -0.39 is 0 Å². The average Bonchev–Trinajstić information content (AvgIpc) is 2.61. The number of hydrogen-bond acceptors (Lipinski definition) is 6. The van der Waals surface area contributed by atoms with Crippen LogP contribution in [-0.4, -0.2) is 46.6 Å². The first kappa shape index (κ1) is 17.5. The molecule has 1 aliphatic heterocycles. The van der Waals surface area contributed by atoms with Gasteiger partial charge in [0.2, 0.25) is 0 Å². The Kier molecular flexibility index (Phi) is 6.64. The molecule has 128 valence electrons. The van der Waals surface area contributed by atoms with Gasteiger partial charge in [0.25, 0.3) is 5.91 Å². The van der Waals surface area contributed by atoms with Crippen LogP contribution < -0.4 is 20.9 Å². The summed E-state index contributed by atoms with van der Waals surface area (Å²) < 4.78 is 15.6. The molecule has 3 N–H and O–H groups in total. The van der Waals surface area contributed by atoms with E-state index in [1.165, 1.54) is 0 Å². The van der Waals surface area contributed by atoms with E-state index in [1.807, 2.05) is 6.07 Å². The number of amides is 1. The lowest BCUT2D eigenvalue weighted by molar-refractivity contribution is -0.0456. The lowest BCUT2D eigenvalue weighted by atomic mass is 9.96. The van der Waals surface area contributed by atoms with Crippen LogP contribution in [0.4, 0.5) is 5.69 Å². The van der Waals surface area contributed by atoms with E-state index in [-0.39, 0.29) is 5.91 Å². The number of methoxy groups -OCH3 is 2. The monoisotopic (exact) mass is 323 g/mol. The van der Waals surface area contributed by atoms with Crippen LogP contribution in [0.25, 0.3) is 0 Å². The minimum absolute atomic E-state index is 0.298. The molecule has 1 saturated heterocycles. The fraction of sp³-hybridized carbons (Fsp3) is 0.562. The van der Waals surface area contributed by atoms with Crippen LogP contribution in [0, 0.1) is 5.92 Å². The smallest absolute Gasteiger partial charge is 0.267 e. The number of nitrogens with two attached hydrogens (primary N) is 1. The number of nitrogens with one attached hydrogen (secondary N) is 1. The maximum atomic E-state index is 12.0. The molecule has 1 fully saturated rings. The van der Waals surface area contributed by atoms with E-state index in [9.17, 15) is 4.79 Å². The highest BCUT2D eigenvalue weighted by Crippen LogP contribution is 2.30. The van der Waals surface area contributed by atoms with E-state index in [4.69, 9.17) is 20.1 Å². The average molecular weight is 323 g/mol. The minimum Gasteiger partial charge on any atom is -0.497 e. The van der Waals surface area contributed by atoms with Crippen molar-refractivity contribution in [1.29, 1.82) is 0 Å². The van der Waals surface area contributed by atoms with Crippen LogP contribution in [0.1, 0.15) is 23.2 Å². The van der Waals surface area contributed by atoms with Crippen LogP contribution in [0.15, 0.2) is 18.2 Å². The fourth-order valence-corrected chi connectivity index (χ4v) is 2.81. The Hall–Kier alpha value is -1.83. The van der Waals surface area contributed by atoms with E-state index >= 15 is 0 Å². The van der Waals surface area contributed by atoms with E-state index in [0.717, 1.165) is 37.4 Å². The summed E-state index contributed by atoms with van der Waals surface area (Å²) >= 11 is 0. The van der Waals surface area contributed by atoms with Gasteiger partial charge in [-0.05, 0) is 30.9 Å². The Bertz CT molecular complexity index is 516. The van der Waals surface area contributed by atoms with Crippen molar-refractivity contribution in [3.63, 3.8) is 0 Å². The summed E-state index contributed by atoms with van der Waals surface area (Å²) in [4.78, 5) is 14.2. The van der Waals surface area contributed by atoms with E-state index in [1.54, 1.807) is 26.4 Å². The number of nitrogens with zero attached hydrogens (tertiary/aromatic N) is 1. The van der Waals surface area contributed by atoms with Crippen molar-refractivity contribution in [2.45, 2.75) is 12.8 Å². The number of ether oxygens (including phenoxy) is 3. The molecule has 1 aromatic rings. The van der Waals surface area contributed by atoms with Gasteiger partial charge in [0, 0.05) is 26.3 Å². The molecule has 0 aromatic heterocycles. The molecule has 0 bridgehead atoms. The maximum absolute atomic E-state index is 12.0. The Morgan fingerprint density at radius 1 is 1.35 bits per heavy atom. The SMILES string of the molecule is COCOCC1CCN(c2cc(OC)ccc2C(=O)NN)CC1. The molecule has 1 aromatic carbocycles. The van der Waals surface area contributed by atoms with Gasteiger partial charge in [-0.15, -0.1) is 0 Å². The van der Waals surface area contributed by atoms with Gasteiger partial charge in [0.15, 0.2) is 0 Å². The number of carbonyl (C=O) groups excluding carboxylic acids is 1. The first-order valence-electron chi connectivity index (χ1n) is 7.70. The molecular formula is C16H25N3O4. The van der Waals surface area contributed by atoms with Crippen molar-refractivity contribution < 1.29 is 19.0 Å². The van der Waals surface area contributed by atoms with E-state index in [0.29, 0.717) is 24.9 Å². The second-order valence-electron chi connectivity index (χ2n) is 5.56. The molecule has 0 spiro atoms. The van der Waals surface area contributed by atoms with Gasteiger partial charge >= 0.3 is 0 Å². The highest BCUT2D eigenvalue weighted by atomic mass is 16.7. The first-order chi connectivity index (χ1) is 11.2. The summed E-state index contributed by atoms with van der Waals surface area (Å²) in [7, 11) is 3.23. The molecule has 23 heavy (non-hydrogen) atoms. The van der Waals surface area contributed by atoms with Crippen LogP contribution in [0.3, 0.4) is 0 Å². The molecule has 1 aliphatic rings. The second-order valence-corrected chi connectivity index (χ2v) is 5.56. The summed E-state index contributed by atoms with van der Waals surface area (Å²) in [5.74, 6) is 6.22. The fourth-order valence-electron chi connectivity index (χ4n) is 2.81. The predicted molar refractivity (Wildman–Crippen MR) is 87.4 cm³/mol. The zero-order valence-electron chi connectivity index (χ0n) is 13.7. The van der Waals surface area contributed by atoms with Crippen molar-refractivity contribution in [2.75, 3.05) is 45.6 Å².